The van der Waals surface area contributed by atoms with Crippen LogP contribution in [-0.4, -0.2) is 31.7 Å². The summed E-state index contributed by atoms with van der Waals surface area (Å²) in [6.45, 7) is 0.732. The molecule has 0 radical (unpaired) electrons. The summed E-state index contributed by atoms with van der Waals surface area (Å²) in [5.74, 6) is -1.34. The average Bonchev–Trinajstić information content (AvgIpc) is 2.82. The van der Waals surface area contributed by atoms with Crippen LogP contribution in [-0.2, 0) is 16.4 Å². The highest BCUT2D eigenvalue weighted by Crippen LogP contribution is 2.25. The highest BCUT2D eigenvalue weighted by Gasteiger charge is 2.29. The Balaban J connectivity index is 1.58. The minimum Gasteiger partial charge on any atom is -0.322 e. The molecule has 0 unspecified atom stereocenters. The summed E-state index contributed by atoms with van der Waals surface area (Å²) in [7, 11) is -3.99. The Morgan fingerprint density at radius 1 is 0.906 bits per heavy atom. The van der Waals surface area contributed by atoms with Gasteiger partial charge in [0.05, 0.1) is 0 Å². The number of hydrogen-bond donors (Lipinski definition) is 1. The van der Waals surface area contributed by atoms with Crippen molar-refractivity contribution in [1.82, 2.24) is 4.31 Å². The standard InChI is InChI=1S/C25H25FN2O3S/c26-22-14-13-21(18-24(22)32(30,31)28-15-7-2-8-16-28)25(29)27-23-12-6-5-11-20(23)17-19-9-3-1-4-10-19/h1,3-6,9-14,18H,2,7-8,15-17H2,(H,27,29). The molecule has 1 saturated heterocycles. The number of carbonyl (C=O) groups is 1. The summed E-state index contributed by atoms with van der Waals surface area (Å²) in [5.41, 5.74) is 2.75. The molecule has 1 amide bonds. The number of amides is 1. The normalized spacial score (nSPS) is 14.8. The van der Waals surface area contributed by atoms with E-state index in [0.717, 1.165) is 42.5 Å². The molecule has 0 aromatic heterocycles. The number of para-hydroxylation sites is 1. The van der Waals surface area contributed by atoms with Gasteiger partial charge in [-0.1, -0.05) is 55.0 Å². The van der Waals surface area contributed by atoms with Crippen LogP contribution in [0.5, 0.6) is 0 Å². The van der Waals surface area contributed by atoms with Crippen molar-refractivity contribution in [3.63, 3.8) is 0 Å². The van der Waals surface area contributed by atoms with Crippen molar-refractivity contribution in [2.45, 2.75) is 30.6 Å². The number of sulfonamides is 1. The maximum Gasteiger partial charge on any atom is 0.255 e. The Kier molecular flexibility index (Phi) is 6.67. The Morgan fingerprint density at radius 2 is 1.59 bits per heavy atom. The molecule has 0 bridgehead atoms. The smallest absolute Gasteiger partial charge is 0.255 e. The first-order chi connectivity index (χ1) is 15.4. The molecule has 3 aromatic carbocycles. The van der Waals surface area contributed by atoms with Gasteiger partial charge in [-0.15, -0.1) is 0 Å². The summed E-state index contributed by atoms with van der Waals surface area (Å²) < 4.78 is 41.7. The highest BCUT2D eigenvalue weighted by atomic mass is 32.2. The van der Waals surface area contributed by atoms with Gasteiger partial charge in [-0.2, -0.15) is 4.31 Å². The molecule has 0 aliphatic carbocycles. The van der Waals surface area contributed by atoms with Crippen molar-refractivity contribution >= 4 is 21.6 Å². The van der Waals surface area contributed by atoms with E-state index < -0.39 is 26.6 Å². The number of benzene rings is 3. The second-order valence-corrected chi connectivity index (χ2v) is 9.79. The first kappa shape index (κ1) is 22.2. The molecule has 1 N–H and O–H groups in total. The van der Waals surface area contributed by atoms with Crippen LogP contribution in [0.4, 0.5) is 10.1 Å². The van der Waals surface area contributed by atoms with E-state index in [0.29, 0.717) is 25.2 Å². The molecule has 5 nitrogen and oxygen atoms in total. The van der Waals surface area contributed by atoms with Gasteiger partial charge in [-0.25, -0.2) is 12.8 Å². The SMILES string of the molecule is O=C(Nc1ccccc1Cc1ccccc1)c1ccc(F)c(S(=O)(=O)N2CCCCC2)c1. The largest absolute Gasteiger partial charge is 0.322 e. The van der Waals surface area contributed by atoms with E-state index in [1.54, 1.807) is 6.07 Å². The fourth-order valence-corrected chi connectivity index (χ4v) is 5.50. The number of carbonyl (C=O) groups excluding carboxylic acids is 1. The molecule has 1 fully saturated rings. The van der Waals surface area contributed by atoms with Crippen LogP contribution in [0.25, 0.3) is 0 Å². The molecule has 7 heteroatoms. The average molecular weight is 453 g/mol. The van der Waals surface area contributed by atoms with Gasteiger partial charge < -0.3 is 5.32 Å². The molecule has 0 saturated carbocycles. The molecule has 1 heterocycles. The number of nitrogens with one attached hydrogen (secondary N) is 1. The molecule has 1 aliphatic rings. The molecule has 32 heavy (non-hydrogen) atoms. The third-order valence-electron chi connectivity index (χ3n) is 5.63. The number of halogens is 1. The minimum atomic E-state index is -3.99. The lowest BCUT2D eigenvalue weighted by atomic mass is 10.0. The Morgan fingerprint density at radius 3 is 2.34 bits per heavy atom. The van der Waals surface area contributed by atoms with E-state index >= 15 is 0 Å². The minimum absolute atomic E-state index is 0.0940. The third-order valence-corrected chi connectivity index (χ3v) is 7.54. The molecule has 0 spiro atoms. The van der Waals surface area contributed by atoms with E-state index in [1.807, 2.05) is 48.5 Å². The third kappa shape index (κ3) is 4.89. The predicted octanol–water partition coefficient (Wildman–Crippen LogP) is 4.84. The van der Waals surface area contributed by atoms with Gasteiger partial charge in [0, 0.05) is 24.3 Å². The van der Waals surface area contributed by atoms with Gasteiger partial charge in [0.15, 0.2) is 0 Å². The van der Waals surface area contributed by atoms with Gasteiger partial charge in [0.1, 0.15) is 10.7 Å². The maximum atomic E-state index is 14.5. The Bertz CT molecular complexity index is 1210. The second kappa shape index (κ2) is 9.63. The molecular weight excluding hydrogens is 427 g/mol. The van der Waals surface area contributed by atoms with Crippen LogP contribution in [0.3, 0.4) is 0 Å². The second-order valence-electron chi connectivity index (χ2n) is 7.88. The number of anilines is 1. The molecule has 3 aromatic rings. The zero-order chi connectivity index (χ0) is 22.6. The van der Waals surface area contributed by atoms with Crippen LogP contribution in [0.1, 0.15) is 40.7 Å². The summed E-state index contributed by atoms with van der Waals surface area (Å²) in [5, 5.41) is 2.85. The summed E-state index contributed by atoms with van der Waals surface area (Å²) in [6.07, 6.45) is 3.09. The van der Waals surface area contributed by atoms with Crippen LogP contribution in [0, 0.1) is 5.82 Å². The fraction of sp³-hybridized carbons (Fsp3) is 0.240. The van der Waals surface area contributed by atoms with Crippen molar-refractivity contribution < 1.29 is 17.6 Å². The Labute approximate surface area is 187 Å². The lowest BCUT2D eigenvalue weighted by Gasteiger charge is -2.26. The van der Waals surface area contributed by atoms with Crippen LogP contribution in [0.2, 0.25) is 0 Å². The zero-order valence-electron chi connectivity index (χ0n) is 17.6. The summed E-state index contributed by atoms with van der Waals surface area (Å²) in [6, 6.07) is 20.8. The topological polar surface area (TPSA) is 66.5 Å². The lowest BCUT2D eigenvalue weighted by molar-refractivity contribution is 0.102. The number of piperidine rings is 1. The zero-order valence-corrected chi connectivity index (χ0v) is 18.4. The molecule has 166 valence electrons. The van der Waals surface area contributed by atoms with Crippen LogP contribution in [0.15, 0.2) is 77.7 Å². The van der Waals surface area contributed by atoms with Gasteiger partial charge >= 0.3 is 0 Å². The lowest BCUT2D eigenvalue weighted by Crippen LogP contribution is -2.36. The van der Waals surface area contributed by atoms with Gasteiger partial charge in [0.2, 0.25) is 10.0 Å². The molecule has 0 atom stereocenters. The molecule has 1 aliphatic heterocycles. The first-order valence-corrected chi connectivity index (χ1v) is 12.1. The van der Waals surface area contributed by atoms with E-state index in [9.17, 15) is 17.6 Å². The summed E-state index contributed by atoms with van der Waals surface area (Å²) >= 11 is 0. The van der Waals surface area contributed by atoms with E-state index in [1.165, 1.54) is 10.4 Å². The predicted molar refractivity (Wildman–Crippen MR) is 123 cm³/mol. The Hall–Kier alpha value is -3.03. The van der Waals surface area contributed by atoms with Gasteiger partial charge in [-0.3, -0.25) is 4.79 Å². The summed E-state index contributed by atoms with van der Waals surface area (Å²) in [4.78, 5) is 12.5. The highest BCUT2D eigenvalue weighted by molar-refractivity contribution is 7.89. The van der Waals surface area contributed by atoms with Crippen molar-refractivity contribution in [1.29, 1.82) is 0 Å². The molecular formula is C25H25FN2O3S. The van der Waals surface area contributed by atoms with Crippen LogP contribution < -0.4 is 5.32 Å². The van der Waals surface area contributed by atoms with Crippen molar-refractivity contribution in [2.24, 2.45) is 0 Å². The van der Waals surface area contributed by atoms with E-state index in [2.05, 4.69) is 5.32 Å². The van der Waals surface area contributed by atoms with Crippen molar-refractivity contribution in [3.8, 4) is 0 Å². The van der Waals surface area contributed by atoms with Crippen LogP contribution >= 0.6 is 0 Å². The fourth-order valence-electron chi connectivity index (χ4n) is 3.89. The number of rotatable bonds is 6. The first-order valence-electron chi connectivity index (χ1n) is 10.7. The van der Waals surface area contributed by atoms with E-state index in [-0.39, 0.29) is 5.56 Å². The molecule has 4 rings (SSSR count). The van der Waals surface area contributed by atoms with Crippen molar-refractivity contribution in [2.75, 3.05) is 18.4 Å². The number of hydrogen-bond acceptors (Lipinski definition) is 3. The van der Waals surface area contributed by atoms with E-state index in [4.69, 9.17) is 0 Å². The maximum absolute atomic E-state index is 14.5. The van der Waals surface area contributed by atoms with Gasteiger partial charge in [-0.05, 0) is 54.7 Å². The van der Waals surface area contributed by atoms with Gasteiger partial charge in [0.25, 0.3) is 5.91 Å². The van der Waals surface area contributed by atoms with Crippen molar-refractivity contribution in [3.05, 3.63) is 95.3 Å². The monoisotopic (exact) mass is 452 g/mol. The number of nitrogens with zero attached hydrogens (tertiary/aromatic N) is 1. The quantitative estimate of drug-likeness (QED) is 0.582.